The maximum absolute atomic E-state index is 11.5. The summed E-state index contributed by atoms with van der Waals surface area (Å²) in [5.41, 5.74) is 4.91. The predicted molar refractivity (Wildman–Crippen MR) is 74.2 cm³/mol. The molecule has 9 heteroatoms. The van der Waals surface area contributed by atoms with Gasteiger partial charge in [0.2, 0.25) is 11.8 Å². The summed E-state index contributed by atoms with van der Waals surface area (Å²) < 4.78 is 0. The van der Waals surface area contributed by atoms with Gasteiger partial charge in [0.25, 0.3) is 0 Å². The van der Waals surface area contributed by atoms with Crippen LogP contribution in [0, 0.1) is 5.92 Å². The Labute approximate surface area is 122 Å². The SMILES string of the molecule is CC(C)CNC(=O)CNC(=O)NC(CCC(N)=O)C(=O)O. The molecule has 4 amide bonds. The number of carbonyl (C=O) groups excluding carboxylic acids is 3. The van der Waals surface area contributed by atoms with Crippen molar-refractivity contribution in [3.8, 4) is 0 Å². The van der Waals surface area contributed by atoms with Gasteiger partial charge in [0.15, 0.2) is 0 Å². The van der Waals surface area contributed by atoms with Gasteiger partial charge in [-0.25, -0.2) is 9.59 Å². The summed E-state index contributed by atoms with van der Waals surface area (Å²) in [7, 11) is 0. The first-order valence-corrected chi connectivity index (χ1v) is 6.54. The normalized spacial score (nSPS) is 11.6. The fourth-order valence-corrected chi connectivity index (χ4v) is 1.29. The van der Waals surface area contributed by atoms with E-state index in [-0.39, 0.29) is 31.2 Å². The summed E-state index contributed by atoms with van der Waals surface area (Å²) >= 11 is 0. The highest BCUT2D eigenvalue weighted by molar-refractivity contribution is 5.86. The van der Waals surface area contributed by atoms with E-state index >= 15 is 0 Å². The molecular formula is C12H22N4O5. The van der Waals surface area contributed by atoms with E-state index in [0.717, 1.165) is 0 Å². The van der Waals surface area contributed by atoms with Gasteiger partial charge in [-0.15, -0.1) is 0 Å². The van der Waals surface area contributed by atoms with Gasteiger partial charge in [-0.1, -0.05) is 13.8 Å². The highest BCUT2D eigenvalue weighted by Crippen LogP contribution is 1.97. The summed E-state index contributed by atoms with van der Waals surface area (Å²) in [6, 6.07) is -2.04. The van der Waals surface area contributed by atoms with E-state index in [1.807, 2.05) is 13.8 Å². The third kappa shape index (κ3) is 10.2. The zero-order valence-corrected chi connectivity index (χ0v) is 12.1. The monoisotopic (exact) mass is 302 g/mol. The Hall–Kier alpha value is -2.32. The molecule has 0 aromatic rings. The molecule has 0 aliphatic rings. The van der Waals surface area contributed by atoms with E-state index in [2.05, 4.69) is 16.0 Å². The van der Waals surface area contributed by atoms with Crippen LogP contribution in [0.5, 0.6) is 0 Å². The molecule has 0 rings (SSSR count). The Bertz CT molecular complexity index is 397. The summed E-state index contributed by atoms with van der Waals surface area (Å²) in [5, 5.41) is 15.9. The number of primary amides is 1. The van der Waals surface area contributed by atoms with Gasteiger partial charge in [-0.05, 0) is 12.3 Å². The van der Waals surface area contributed by atoms with Gasteiger partial charge in [0, 0.05) is 13.0 Å². The van der Waals surface area contributed by atoms with E-state index in [1.54, 1.807) is 0 Å². The van der Waals surface area contributed by atoms with E-state index < -0.39 is 23.9 Å². The quantitative estimate of drug-likeness (QED) is 0.361. The van der Waals surface area contributed by atoms with Crippen molar-refractivity contribution in [1.29, 1.82) is 0 Å². The first-order valence-electron chi connectivity index (χ1n) is 6.54. The molecule has 1 atom stereocenters. The van der Waals surface area contributed by atoms with Crippen molar-refractivity contribution in [1.82, 2.24) is 16.0 Å². The Morgan fingerprint density at radius 1 is 1.14 bits per heavy atom. The molecule has 120 valence electrons. The third-order valence-electron chi connectivity index (χ3n) is 2.40. The molecule has 0 aliphatic carbocycles. The van der Waals surface area contributed by atoms with Crippen molar-refractivity contribution < 1.29 is 24.3 Å². The fraction of sp³-hybridized carbons (Fsp3) is 0.667. The van der Waals surface area contributed by atoms with Crippen molar-refractivity contribution in [3.63, 3.8) is 0 Å². The maximum Gasteiger partial charge on any atom is 0.326 e. The van der Waals surface area contributed by atoms with Gasteiger partial charge in [0.1, 0.15) is 6.04 Å². The lowest BCUT2D eigenvalue weighted by Crippen LogP contribution is -2.48. The molecule has 0 heterocycles. The van der Waals surface area contributed by atoms with Crippen LogP contribution in [0.3, 0.4) is 0 Å². The van der Waals surface area contributed by atoms with Crippen LogP contribution in [-0.4, -0.2) is 48.1 Å². The number of hydrogen-bond donors (Lipinski definition) is 5. The lowest BCUT2D eigenvalue weighted by Gasteiger charge is -2.14. The van der Waals surface area contributed by atoms with Crippen LogP contribution in [0.25, 0.3) is 0 Å². The number of nitrogens with two attached hydrogens (primary N) is 1. The van der Waals surface area contributed by atoms with Crippen LogP contribution in [0.4, 0.5) is 4.79 Å². The minimum atomic E-state index is -1.28. The van der Waals surface area contributed by atoms with E-state index in [9.17, 15) is 19.2 Å². The zero-order chi connectivity index (χ0) is 16.4. The number of urea groups is 1. The lowest BCUT2D eigenvalue weighted by molar-refractivity contribution is -0.139. The van der Waals surface area contributed by atoms with Crippen LogP contribution >= 0.6 is 0 Å². The number of nitrogens with one attached hydrogen (secondary N) is 3. The molecule has 0 spiro atoms. The second kappa shape index (κ2) is 9.56. The highest BCUT2D eigenvalue weighted by atomic mass is 16.4. The molecule has 6 N–H and O–H groups in total. The number of carbonyl (C=O) groups is 4. The largest absolute Gasteiger partial charge is 0.480 e. The van der Waals surface area contributed by atoms with Crippen LogP contribution in [0.2, 0.25) is 0 Å². The summed E-state index contributed by atoms with van der Waals surface area (Å²) in [6.07, 6.45) is -0.274. The van der Waals surface area contributed by atoms with Gasteiger partial charge in [0.05, 0.1) is 6.54 Å². The summed E-state index contributed by atoms with van der Waals surface area (Å²) in [6.45, 7) is 4.08. The van der Waals surface area contributed by atoms with Crippen LogP contribution < -0.4 is 21.7 Å². The Kier molecular flexibility index (Phi) is 8.51. The lowest BCUT2D eigenvalue weighted by atomic mass is 10.1. The Balaban J connectivity index is 4.11. The molecule has 0 aromatic heterocycles. The van der Waals surface area contributed by atoms with Crippen molar-refractivity contribution in [2.45, 2.75) is 32.7 Å². The minimum Gasteiger partial charge on any atom is -0.480 e. The topological polar surface area (TPSA) is 151 Å². The van der Waals surface area contributed by atoms with Gasteiger partial charge < -0.3 is 26.8 Å². The number of hydrogen-bond acceptors (Lipinski definition) is 4. The molecule has 0 saturated heterocycles. The molecule has 0 radical (unpaired) electrons. The average Bonchev–Trinajstić information content (AvgIpc) is 2.38. The van der Waals surface area contributed by atoms with Crippen LogP contribution in [0.15, 0.2) is 0 Å². The van der Waals surface area contributed by atoms with Crippen LogP contribution in [-0.2, 0) is 14.4 Å². The standard InChI is InChI=1S/C12H22N4O5/c1-7(2)5-14-10(18)6-15-12(21)16-8(11(19)20)3-4-9(13)17/h7-8H,3-6H2,1-2H3,(H2,13,17)(H,14,18)(H,19,20)(H2,15,16,21). The minimum absolute atomic E-state index is 0.113. The molecule has 1 unspecified atom stereocenters. The Morgan fingerprint density at radius 2 is 1.76 bits per heavy atom. The van der Waals surface area contributed by atoms with Crippen LogP contribution in [0.1, 0.15) is 26.7 Å². The highest BCUT2D eigenvalue weighted by Gasteiger charge is 2.20. The molecule has 0 bridgehead atoms. The van der Waals surface area contributed by atoms with Crippen molar-refractivity contribution in [3.05, 3.63) is 0 Å². The number of aliphatic carboxylic acids is 1. The number of carboxylic acid groups (broad SMARTS) is 1. The van der Waals surface area contributed by atoms with Crippen molar-refractivity contribution >= 4 is 23.8 Å². The van der Waals surface area contributed by atoms with Gasteiger partial charge in [-0.2, -0.15) is 0 Å². The fourth-order valence-electron chi connectivity index (χ4n) is 1.29. The molecular weight excluding hydrogens is 280 g/mol. The Morgan fingerprint density at radius 3 is 2.24 bits per heavy atom. The molecule has 9 nitrogen and oxygen atoms in total. The molecule has 0 aliphatic heterocycles. The van der Waals surface area contributed by atoms with Gasteiger partial charge >= 0.3 is 12.0 Å². The molecule has 0 aromatic carbocycles. The number of amides is 4. The molecule has 0 saturated carbocycles. The number of carboxylic acids is 1. The molecule has 0 fully saturated rings. The van der Waals surface area contributed by atoms with Crippen molar-refractivity contribution in [2.75, 3.05) is 13.1 Å². The van der Waals surface area contributed by atoms with E-state index in [1.165, 1.54) is 0 Å². The summed E-state index contributed by atoms with van der Waals surface area (Å²) in [4.78, 5) is 44.3. The van der Waals surface area contributed by atoms with E-state index in [0.29, 0.717) is 6.54 Å². The smallest absolute Gasteiger partial charge is 0.326 e. The zero-order valence-electron chi connectivity index (χ0n) is 12.1. The molecule has 21 heavy (non-hydrogen) atoms. The van der Waals surface area contributed by atoms with Crippen molar-refractivity contribution in [2.24, 2.45) is 11.7 Å². The van der Waals surface area contributed by atoms with Gasteiger partial charge in [-0.3, -0.25) is 9.59 Å². The summed E-state index contributed by atoms with van der Waals surface area (Å²) in [5.74, 6) is -2.02. The maximum atomic E-state index is 11.5. The first-order chi connectivity index (χ1) is 9.72. The predicted octanol–water partition coefficient (Wildman–Crippen LogP) is -1.22. The first kappa shape index (κ1) is 18.7. The second-order valence-corrected chi connectivity index (χ2v) is 4.92. The number of rotatable bonds is 9. The average molecular weight is 302 g/mol. The third-order valence-corrected chi connectivity index (χ3v) is 2.40. The van der Waals surface area contributed by atoms with E-state index in [4.69, 9.17) is 10.8 Å². The second-order valence-electron chi connectivity index (χ2n) is 4.92.